The van der Waals surface area contributed by atoms with Crippen molar-refractivity contribution in [3.05, 3.63) is 65.2 Å². The number of carbonyl (C=O) groups excluding carboxylic acids is 1. The number of esters is 1. The fraction of sp³-hybridized carbons (Fsp3) is 0.235. The number of methoxy groups -OCH3 is 1. The van der Waals surface area contributed by atoms with Gasteiger partial charge in [-0.3, -0.25) is 0 Å². The minimum atomic E-state index is -0.302. The predicted molar refractivity (Wildman–Crippen MR) is 81.2 cm³/mol. The number of aryl methyl sites for hydroxylation is 1. The molecule has 0 aromatic heterocycles. The summed E-state index contributed by atoms with van der Waals surface area (Å²) in [6.45, 7) is 2.85. The lowest BCUT2D eigenvalue weighted by molar-refractivity contribution is 0.0600. The number of hydrogen-bond donors (Lipinski definition) is 1. The Bertz CT molecular complexity index is 579. The summed E-state index contributed by atoms with van der Waals surface area (Å²) in [5, 5.41) is 3.39. The molecule has 2 aromatic rings. The minimum Gasteiger partial charge on any atom is -0.465 e. The Balaban J connectivity index is 1.95. The van der Waals surface area contributed by atoms with Crippen LogP contribution in [0.25, 0.3) is 0 Å². The molecule has 2 rings (SSSR count). The van der Waals surface area contributed by atoms with Gasteiger partial charge < -0.3 is 10.1 Å². The van der Waals surface area contributed by atoms with Crippen LogP contribution in [0.1, 0.15) is 21.5 Å². The van der Waals surface area contributed by atoms with Gasteiger partial charge in [-0.1, -0.05) is 30.3 Å². The Labute approximate surface area is 119 Å². The van der Waals surface area contributed by atoms with Crippen molar-refractivity contribution in [1.29, 1.82) is 0 Å². The van der Waals surface area contributed by atoms with Crippen LogP contribution in [0.2, 0.25) is 0 Å². The number of ether oxygens (including phenoxy) is 1. The van der Waals surface area contributed by atoms with E-state index < -0.39 is 0 Å². The number of hydrogen-bond acceptors (Lipinski definition) is 3. The molecule has 0 aliphatic carbocycles. The Hall–Kier alpha value is -2.29. The van der Waals surface area contributed by atoms with Crippen LogP contribution in [0.4, 0.5) is 5.69 Å². The first kappa shape index (κ1) is 14.1. The number of carbonyl (C=O) groups is 1. The molecule has 0 saturated heterocycles. The van der Waals surface area contributed by atoms with E-state index in [0.717, 1.165) is 24.2 Å². The highest BCUT2D eigenvalue weighted by Crippen LogP contribution is 2.17. The molecule has 0 radical (unpaired) electrons. The van der Waals surface area contributed by atoms with E-state index in [1.807, 2.05) is 37.3 Å². The summed E-state index contributed by atoms with van der Waals surface area (Å²) in [5.41, 5.74) is 3.98. The molecule has 104 valence electrons. The molecule has 0 aliphatic heterocycles. The average molecular weight is 269 g/mol. The fourth-order valence-electron chi connectivity index (χ4n) is 2.09. The van der Waals surface area contributed by atoms with Crippen LogP contribution in [0.3, 0.4) is 0 Å². The molecule has 0 atom stereocenters. The molecule has 0 spiro atoms. The van der Waals surface area contributed by atoms with Crippen LogP contribution >= 0.6 is 0 Å². The molecule has 0 aliphatic rings. The van der Waals surface area contributed by atoms with Crippen LogP contribution in [0.5, 0.6) is 0 Å². The SMILES string of the molecule is COC(=O)c1ccc(NCCc2ccccc2)c(C)c1. The maximum atomic E-state index is 11.4. The summed E-state index contributed by atoms with van der Waals surface area (Å²) in [7, 11) is 1.39. The number of anilines is 1. The Morgan fingerprint density at radius 3 is 2.55 bits per heavy atom. The first-order valence-electron chi connectivity index (χ1n) is 6.67. The molecule has 0 heterocycles. The summed E-state index contributed by atoms with van der Waals surface area (Å²) < 4.78 is 4.71. The number of nitrogens with one attached hydrogen (secondary N) is 1. The molecule has 1 N–H and O–H groups in total. The van der Waals surface area contributed by atoms with Crippen molar-refractivity contribution in [1.82, 2.24) is 0 Å². The van der Waals surface area contributed by atoms with Crippen molar-refractivity contribution in [3.8, 4) is 0 Å². The molecular formula is C17H19NO2. The van der Waals surface area contributed by atoms with E-state index in [4.69, 9.17) is 4.74 Å². The van der Waals surface area contributed by atoms with Gasteiger partial charge >= 0.3 is 5.97 Å². The highest BCUT2D eigenvalue weighted by Gasteiger charge is 2.07. The third kappa shape index (κ3) is 3.60. The number of rotatable bonds is 5. The van der Waals surface area contributed by atoms with Crippen molar-refractivity contribution in [2.75, 3.05) is 19.0 Å². The van der Waals surface area contributed by atoms with E-state index in [9.17, 15) is 4.79 Å². The fourth-order valence-corrected chi connectivity index (χ4v) is 2.09. The zero-order valence-corrected chi connectivity index (χ0v) is 11.8. The van der Waals surface area contributed by atoms with Crippen LogP contribution in [-0.4, -0.2) is 19.6 Å². The number of benzene rings is 2. The Kier molecular flexibility index (Phi) is 4.77. The molecule has 0 unspecified atom stereocenters. The zero-order valence-electron chi connectivity index (χ0n) is 11.8. The van der Waals surface area contributed by atoms with Gasteiger partial charge in [-0.25, -0.2) is 4.79 Å². The molecule has 3 heteroatoms. The largest absolute Gasteiger partial charge is 0.465 e. The van der Waals surface area contributed by atoms with Crippen molar-refractivity contribution in [2.24, 2.45) is 0 Å². The molecule has 0 saturated carbocycles. The quantitative estimate of drug-likeness (QED) is 0.845. The van der Waals surface area contributed by atoms with E-state index in [-0.39, 0.29) is 5.97 Å². The van der Waals surface area contributed by atoms with Gasteiger partial charge in [0.1, 0.15) is 0 Å². The van der Waals surface area contributed by atoms with E-state index in [1.165, 1.54) is 12.7 Å². The van der Waals surface area contributed by atoms with E-state index in [0.29, 0.717) is 5.56 Å². The van der Waals surface area contributed by atoms with E-state index in [1.54, 1.807) is 6.07 Å². The molecule has 0 amide bonds. The van der Waals surface area contributed by atoms with Crippen LogP contribution in [0, 0.1) is 6.92 Å². The first-order chi connectivity index (χ1) is 9.70. The average Bonchev–Trinajstić information content (AvgIpc) is 2.49. The van der Waals surface area contributed by atoms with Crippen molar-refractivity contribution >= 4 is 11.7 Å². The molecular weight excluding hydrogens is 250 g/mol. The summed E-state index contributed by atoms with van der Waals surface area (Å²) in [6, 6.07) is 15.9. The van der Waals surface area contributed by atoms with Crippen LogP contribution < -0.4 is 5.32 Å². The van der Waals surface area contributed by atoms with Crippen molar-refractivity contribution in [2.45, 2.75) is 13.3 Å². The van der Waals surface area contributed by atoms with Crippen LogP contribution in [0.15, 0.2) is 48.5 Å². The highest BCUT2D eigenvalue weighted by molar-refractivity contribution is 5.90. The second-order valence-corrected chi connectivity index (χ2v) is 4.68. The van der Waals surface area contributed by atoms with E-state index >= 15 is 0 Å². The third-order valence-electron chi connectivity index (χ3n) is 3.22. The van der Waals surface area contributed by atoms with Gasteiger partial charge in [0.25, 0.3) is 0 Å². The van der Waals surface area contributed by atoms with E-state index in [2.05, 4.69) is 17.4 Å². The minimum absolute atomic E-state index is 0.302. The monoisotopic (exact) mass is 269 g/mol. The molecule has 0 bridgehead atoms. The van der Waals surface area contributed by atoms with Crippen molar-refractivity contribution < 1.29 is 9.53 Å². The normalized spacial score (nSPS) is 10.1. The second kappa shape index (κ2) is 6.75. The third-order valence-corrected chi connectivity index (χ3v) is 3.22. The first-order valence-corrected chi connectivity index (χ1v) is 6.67. The maximum absolute atomic E-state index is 11.4. The van der Waals surface area contributed by atoms with Gasteiger partial charge in [-0.2, -0.15) is 0 Å². The summed E-state index contributed by atoms with van der Waals surface area (Å²) >= 11 is 0. The summed E-state index contributed by atoms with van der Waals surface area (Å²) in [4.78, 5) is 11.4. The maximum Gasteiger partial charge on any atom is 0.337 e. The Morgan fingerprint density at radius 2 is 1.90 bits per heavy atom. The van der Waals surface area contributed by atoms with Crippen molar-refractivity contribution in [3.63, 3.8) is 0 Å². The summed E-state index contributed by atoms with van der Waals surface area (Å²) in [5.74, 6) is -0.302. The zero-order chi connectivity index (χ0) is 14.4. The van der Waals surface area contributed by atoms with Gasteiger partial charge in [0.05, 0.1) is 12.7 Å². The highest BCUT2D eigenvalue weighted by atomic mass is 16.5. The van der Waals surface area contributed by atoms with Gasteiger partial charge in [0.2, 0.25) is 0 Å². The molecule has 20 heavy (non-hydrogen) atoms. The Morgan fingerprint density at radius 1 is 1.15 bits per heavy atom. The lowest BCUT2D eigenvalue weighted by atomic mass is 10.1. The van der Waals surface area contributed by atoms with Gasteiger partial charge in [0.15, 0.2) is 0 Å². The van der Waals surface area contributed by atoms with Gasteiger partial charge in [-0.15, -0.1) is 0 Å². The lowest BCUT2D eigenvalue weighted by Gasteiger charge is -2.10. The van der Waals surface area contributed by atoms with Crippen LogP contribution in [-0.2, 0) is 11.2 Å². The van der Waals surface area contributed by atoms with Gasteiger partial charge in [0, 0.05) is 12.2 Å². The predicted octanol–water partition coefficient (Wildman–Crippen LogP) is 3.44. The topological polar surface area (TPSA) is 38.3 Å². The standard InChI is InChI=1S/C17H19NO2/c1-13-12-15(17(19)20-2)8-9-16(13)18-11-10-14-6-4-3-5-7-14/h3-9,12,18H,10-11H2,1-2H3. The summed E-state index contributed by atoms with van der Waals surface area (Å²) in [6.07, 6.45) is 0.971. The molecule has 0 fully saturated rings. The molecule has 3 nitrogen and oxygen atoms in total. The lowest BCUT2D eigenvalue weighted by Crippen LogP contribution is -2.07. The molecule has 2 aromatic carbocycles. The second-order valence-electron chi connectivity index (χ2n) is 4.68. The van der Waals surface area contributed by atoms with Gasteiger partial charge in [-0.05, 0) is 42.7 Å². The smallest absolute Gasteiger partial charge is 0.337 e.